The molecule has 0 heterocycles. The van der Waals surface area contributed by atoms with Crippen molar-refractivity contribution in [3.63, 3.8) is 0 Å². The van der Waals surface area contributed by atoms with Crippen LogP contribution in [0.2, 0.25) is 0 Å². The highest BCUT2D eigenvalue weighted by atomic mass is 16.5. The van der Waals surface area contributed by atoms with Gasteiger partial charge in [-0.1, -0.05) is 26.0 Å². The molecule has 0 N–H and O–H groups in total. The molecule has 0 saturated carbocycles. The SMILES string of the molecule is Cc1cccc(OCCN(C)[C@H](C)C(C)C)c1. The van der Waals surface area contributed by atoms with Crippen LogP contribution >= 0.6 is 0 Å². The lowest BCUT2D eigenvalue weighted by molar-refractivity contribution is 0.170. The standard InChI is InChI=1S/C15H25NO/c1-12(2)14(4)16(5)9-10-17-15-8-6-7-13(3)11-15/h6-8,11-12,14H,9-10H2,1-5H3/t14-/m1/s1. The van der Waals surface area contributed by atoms with E-state index in [0.29, 0.717) is 12.0 Å². The highest BCUT2D eigenvalue weighted by molar-refractivity contribution is 5.27. The minimum atomic E-state index is 0.594. The van der Waals surface area contributed by atoms with Crippen LogP contribution in [0.1, 0.15) is 26.3 Å². The second kappa shape index (κ2) is 6.65. The van der Waals surface area contributed by atoms with Crippen LogP contribution in [0.15, 0.2) is 24.3 Å². The van der Waals surface area contributed by atoms with Gasteiger partial charge < -0.3 is 9.64 Å². The van der Waals surface area contributed by atoms with Gasteiger partial charge in [-0.2, -0.15) is 0 Å². The molecule has 1 aromatic carbocycles. The Kier molecular flexibility index (Phi) is 5.49. The Hall–Kier alpha value is -1.02. The molecule has 0 bridgehead atoms. The molecule has 0 saturated heterocycles. The molecule has 0 unspecified atom stereocenters. The largest absolute Gasteiger partial charge is 0.492 e. The topological polar surface area (TPSA) is 12.5 Å². The second-order valence-electron chi connectivity index (χ2n) is 5.13. The maximum Gasteiger partial charge on any atom is 0.119 e. The van der Waals surface area contributed by atoms with Crippen molar-refractivity contribution in [2.24, 2.45) is 5.92 Å². The zero-order chi connectivity index (χ0) is 12.8. The van der Waals surface area contributed by atoms with Crippen molar-refractivity contribution < 1.29 is 4.74 Å². The maximum atomic E-state index is 5.75. The minimum Gasteiger partial charge on any atom is -0.492 e. The van der Waals surface area contributed by atoms with Crippen molar-refractivity contribution in [2.75, 3.05) is 20.2 Å². The van der Waals surface area contributed by atoms with Crippen molar-refractivity contribution >= 4 is 0 Å². The average molecular weight is 235 g/mol. The molecule has 96 valence electrons. The fourth-order valence-electron chi connectivity index (χ4n) is 1.73. The van der Waals surface area contributed by atoms with E-state index >= 15 is 0 Å². The van der Waals surface area contributed by atoms with Gasteiger partial charge in [-0.25, -0.2) is 0 Å². The summed E-state index contributed by atoms with van der Waals surface area (Å²) in [5.74, 6) is 1.65. The predicted octanol–water partition coefficient (Wildman–Crippen LogP) is 3.35. The zero-order valence-electron chi connectivity index (χ0n) is 11.7. The van der Waals surface area contributed by atoms with Gasteiger partial charge in [-0.3, -0.25) is 0 Å². The molecule has 0 fully saturated rings. The lowest BCUT2D eigenvalue weighted by Gasteiger charge is -2.27. The van der Waals surface area contributed by atoms with E-state index in [1.54, 1.807) is 0 Å². The number of hydrogen-bond acceptors (Lipinski definition) is 2. The van der Waals surface area contributed by atoms with E-state index < -0.39 is 0 Å². The van der Waals surface area contributed by atoms with E-state index in [2.05, 4.69) is 51.8 Å². The molecule has 0 aliphatic heterocycles. The van der Waals surface area contributed by atoms with Crippen LogP contribution in [0, 0.1) is 12.8 Å². The van der Waals surface area contributed by atoms with E-state index in [1.807, 2.05) is 12.1 Å². The third-order valence-electron chi connectivity index (χ3n) is 3.36. The molecular weight excluding hydrogens is 210 g/mol. The first-order valence-electron chi connectivity index (χ1n) is 6.40. The smallest absolute Gasteiger partial charge is 0.119 e. The summed E-state index contributed by atoms with van der Waals surface area (Å²) in [4.78, 5) is 2.35. The molecule has 1 rings (SSSR count). The summed E-state index contributed by atoms with van der Waals surface area (Å²) in [6, 6.07) is 8.80. The third-order valence-corrected chi connectivity index (χ3v) is 3.36. The molecule has 0 aliphatic carbocycles. The molecule has 0 radical (unpaired) electrons. The van der Waals surface area contributed by atoms with Gasteiger partial charge in [-0.15, -0.1) is 0 Å². The van der Waals surface area contributed by atoms with E-state index in [4.69, 9.17) is 4.74 Å². The number of rotatable bonds is 6. The Balaban J connectivity index is 2.33. The van der Waals surface area contributed by atoms with Crippen molar-refractivity contribution in [2.45, 2.75) is 33.7 Å². The predicted molar refractivity (Wildman–Crippen MR) is 73.6 cm³/mol. The first-order chi connectivity index (χ1) is 8.00. The van der Waals surface area contributed by atoms with Crippen LogP contribution in [0.4, 0.5) is 0 Å². The fraction of sp³-hybridized carbons (Fsp3) is 0.600. The second-order valence-corrected chi connectivity index (χ2v) is 5.13. The van der Waals surface area contributed by atoms with Crippen molar-refractivity contribution in [1.82, 2.24) is 4.90 Å². The molecule has 1 aromatic rings. The van der Waals surface area contributed by atoms with Crippen LogP contribution in [0.3, 0.4) is 0 Å². The van der Waals surface area contributed by atoms with Gasteiger partial charge in [0.15, 0.2) is 0 Å². The van der Waals surface area contributed by atoms with Crippen LogP contribution in [0.5, 0.6) is 5.75 Å². The Bertz CT molecular complexity index is 335. The zero-order valence-corrected chi connectivity index (χ0v) is 11.7. The lowest BCUT2D eigenvalue weighted by atomic mass is 10.1. The molecule has 0 spiro atoms. The van der Waals surface area contributed by atoms with Crippen molar-refractivity contribution in [3.05, 3.63) is 29.8 Å². The number of ether oxygens (including phenoxy) is 1. The Morgan fingerprint density at radius 2 is 1.94 bits per heavy atom. The van der Waals surface area contributed by atoms with Gasteiger partial charge >= 0.3 is 0 Å². The molecule has 2 nitrogen and oxygen atoms in total. The first-order valence-corrected chi connectivity index (χ1v) is 6.40. The minimum absolute atomic E-state index is 0.594. The Morgan fingerprint density at radius 3 is 2.53 bits per heavy atom. The molecule has 17 heavy (non-hydrogen) atoms. The number of nitrogens with zero attached hydrogens (tertiary/aromatic N) is 1. The van der Waals surface area contributed by atoms with E-state index in [9.17, 15) is 0 Å². The summed E-state index contributed by atoms with van der Waals surface area (Å²) in [5, 5.41) is 0. The molecule has 0 aromatic heterocycles. The normalized spacial score (nSPS) is 13.1. The molecule has 2 heteroatoms. The Morgan fingerprint density at radius 1 is 1.24 bits per heavy atom. The number of hydrogen-bond donors (Lipinski definition) is 0. The summed E-state index contributed by atoms with van der Waals surface area (Å²) in [6.07, 6.45) is 0. The quantitative estimate of drug-likeness (QED) is 0.749. The third kappa shape index (κ3) is 4.78. The van der Waals surface area contributed by atoms with E-state index in [-0.39, 0.29) is 0 Å². The van der Waals surface area contributed by atoms with Crippen LogP contribution in [-0.2, 0) is 0 Å². The van der Waals surface area contributed by atoms with Gasteiger partial charge in [0, 0.05) is 12.6 Å². The number of likely N-dealkylation sites (N-methyl/N-ethyl adjacent to an activating group) is 1. The number of benzene rings is 1. The molecule has 1 atom stereocenters. The van der Waals surface area contributed by atoms with Gasteiger partial charge in [0.1, 0.15) is 12.4 Å². The first kappa shape index (κ1) is 14.0. The lowest BCUT2D eigenvalue weighted by Crippen LogP contribution is -2.36. The summed E-state index contributed by atoms with van der Waals surface area (Å²) in [6.45, 7) is 10.6. The van der Waals surface area contributed by atoms with Gasteiger partial charge in [0.05, 0.1) is 0 Å². The summed E-state index contributed by atoms with van der Waals surface area (Å²) in [7, 11) is 2.16. The molecule has 0 aliphatic rings. The van der Waals surface area contributed by atoms with Crippen molar-refractivity contribution in [3.8, 4) is 5.75 Å². The summed E-state index contributed by atoms with van der Waals surface area (Å²) >= 11 is 0. The average Bonchev–Trinajstić information content (AvgIpc) is 2.27. The van der Waals surface area contributed by atoms with Gasteiger partial charge in [-0.05, 0) is 44.5 Å². The Labute approximate surface area is 106 Å². The molecular formula is C15H25NO. The summed E-state index contributed by atoms with van der Waals surface area (Å²) < 4.78 is 5.75. The van der Waals surface area contributed by atoms with Crippen LogP contribution < -0.4 is 4.74 Å². The fourth-order valence-corrected chi connectivity index (χ4v) is 1.73. The van der Waals surface area contributed by atoms with Crippen LogP contribution in [-0.4, -0.2) is 31.1 Å². The van der Waals surface area contributed by atoms with Gasteiger partial charge in [0.25, 0.3) is 0 Å². The number of aryl methyl sites for hydroxylation is 1. The van der Waals surface area contributed by atoms with Crippen molar-refractivity contribution in [1.29, 1.82) is 0 Å². The van der Waals surface area contributed by atoms with E-state index in [1.165, 1.54) is 5.56 Å². The monoisotopic (exact) mass is 235 g/mol. The van der Waals surface area contributed by atoms with Crippen LogP contribution in [0.25, 0.3) is 0 Å². The maximum absolute atomic E-state index is 5.75. The van der Waals surface area contributed by atoms with Gasteiger partial charge in [0.2, 0.25) is 0 Å². The molecule has 0 amide bonds. The highest BCUT2D eigenvalue weighted by Gasteiger charge is 2.12. The van der Waals surface area contributed by atoms with E-state index in [0.717, 1.165) is 18.9 Å². The summed E-state index contributed by atoms with van der Waals surface area (Å²) in [5.41, 5.74) is 1.24. The highest BCUT2D eigenvalue weighted by Crippen LogP contribution is 2.13.